The number of hydrogen-bond donors (Lipinski definition) is 1. The number of methoxy groups -OCH3 is 1. The van der Waals surface area contributed by atoms with Gasteiger partial charge >= 0.3 is 0 Å². The minimum Gasteiger partial charge on any atom is -0.495 e. The molecule has 0 radical (unpaired) electrons. The Bertz CT molecular complexity index is 388. The zero-order valence-electron chi connectivity index (χ0n) is 10.0. The van der Waals surface area contributed by atoms with Gasteiger partial charge in [0, 0.05) is 6.04 Å². The Morgan fingerprint density at radius 2 is 2.12 bits per heavy atom. The van der Waals surface area contributed by atoms with Crippen molar-refractivity contribution in [2.75, 3.05) is 14.2 Å². The monoisotopic (exact) mass is 239 g/mol. The molecule has 1 fully saturated rings. The Kier molecular flexibility index (Phi) is 3.13. The minimum atomic E-state index is 0.388. The van der Waals surface area contributed by atoms with E-state index in [0.29, 0.717) is 16.5 Å². The molecule has 1 saturated carbocycles. The molecular weight excluding hydrogens is 222 g/mol. The summed E-state index contributed by atoms with van der Waals surface area (Å²) in [4.78, 5) is 0. The second kappa shape index (κ2) is 4.27. The highest BCUT2D eigenvalue weighted by atomic mass is 35.5. The third kappa shape index (κ3) is 2.04. The molecule has 0 amide bonds. The van der Waals surface area contributed by atoms with Crippen LogP contribution < -0.4 is 10.1 Å². The lowest BCUT2D eigenvalue weighted by molar-refractivity contribution is 0.384. The Hall–Kier alpha value is -0.730. The van der Waals surface area contributed by atoms with E-state index < -0.39 is 0 Å². The summed E-state index contributed by atoms with van der Waals surface area (Å²) in [6.07, 6.45) is 2.56. The molecule has 1 aliphatic carbocycles. The van der Waals surface area contributed by atoms with Crippen molar-refractivity contribution in [3.05, 3.63) is 28.8 Å². The van der Waals surface area contributed by atoms with Crippen molar-refractivity contribution < 1.29 is 4.74 Å². The fourth-order valence-corrected chi connectivity index (χ4v) is 2.45. The largest absolute Gasteiger partial charge is 0.495 e. The van der Waals surface area contributed by atoms with E-state index in [1.165, 1.54) is 18.4 Å². The first kappa shape index (κ1) is 11.7. The molecule has 1 aliphatic rings. The summed E-state index contributed by atoms with van der Waals surface area (Å²) >= 11 is 6.03. The second-order valence-electron chi connectivity index (χ2n) is 4.77. The lowest BCUT2D eigenvalue weighted by atomic mass is 9.92. The first-order valence-corrected chi connectivity index (χ1v) is 5.99. The first-order chi connectivity index (χ1) is 7.60. The molecular formula is C13H18ClNO. The molecule has 88 valence electrons. The molecule has 0 aliphatic heterocycles. The van der Waals surface area contributed by atoms with E-state index in [0.717, 1.165) is 5.75 Å². The average Bonchev–Trinajstić information content (AvgIpc) is 3.00. The molecule has 16 heavy (non-hydrogen) atoms. The molecule has 1 aromatic rings. The Balaban J connectivity index is 2.31. The normalized spacial score (nSPS) is 19.2. The molecule has 0 spiro atoms. The van der Waals surface area contributed by atoms with Crippen LogP contribution in [0.2, 0.25) is 5.02 Å². The topological polar surface area (TPSA) is 21.3 Å². The fraction of sp³-hybridized carbons (Fsp3) is 0.538. The number of rotatable bonds is 4. The predicted molar refractivity (Wildman–Crippen MR) is 67.1 cm³/mol. The van der Waals surface area contributed by atoms with E-state index in [1.807, 2.05) is 19.2 Å². The Labute approximate surface area is 102 Å². The van der Waals surface area contributed by atoms with Gasteiger partial charge in [0.05, 0.1) is 12.1 Å². The van der Waals surface area contributed by atoms with Crippen molar-refractivity contribution in [2.24, 2.45) is 5.41 Å². The number of halogens is 1. The van der Waals surface area contributed by atoms with Crippen molar-refractivity contribution in [3.8, 4) is 5.75 Å². The smallest absolute Gasteiger partial charge is 0.137 e. The van der Waals surface area contributed by atoms with E-state index in [9.17, 15) is 0 Å². The molecule has 0 heterocycles. The summed E-state index contributed by atoms with van der Waals surface area (Å²) in [7, 11) is 3.66. The van der Waals surface area contributed by atoms with Crippen molar-refractivity contribution >= 4 is 11.6 Å². The molecule has 1 unspecified atom stereocenters. The summed E-state index contributed by atoms with van der Waals surface area (Å²) in [6, 6.07) is 6.41. The maximum Gasteiger partial charge on any atom is 0.137 e. The standard InChI is InChI=1S/C13H18ClNO/c1-13(6-7-13)12(15-2)9-4-5-10(14)11(8-9)16-3/h4-5,8,12,15H,6-7H2,1-3H3. The van der Waals surface area contributed by atoms with Crippen LogP contribution in [0, 0.1) is 5.41 Å². The maximum atomic E-state index is 6.03. The number of nitrogens with one attached hydrogen (secondary N) is 1. The van der Waals surface area contributed by atoms with Gasteiger partial charge in [0.25, 0.3) is 0 Å². The highest BCUT2D eigenvalue weighted by Crippen LogP contribution is 2.54. The summed E-state index contributed by atoms with van der Waals surface area (Å²) in [6.45, 7) is 2.31. The van der Waals surface area contributed by atoms with E-state index in [-0.39, 0.29) is 0 Å². The summed E-state index contributed by atoms with van der Waals surface area (Å²) in [5.41, 5.74) is 1.65. The van der Waals surface area contributed by atoms with Crippen molar-refractivity contribution in [3.63, 3.8) is 0 Å². The highest BCUT2D eigenvalue weighted by molar-refractivity contribution is 6.32. The van der Waals surface area contributed by atoms with Crippen LogP contribution in [0.3, 0.4) is 0 Å². The molecule has 1 N–H and O–H groups in total. The Morgan fingerprint density at radius 3 is 2.62 bits per heavy atom. The van der Waals surface area contributed by atoms with E-state index >= 15 is 0 Å². The Morgan fingerprint density at radius 1 is 1.44 bits per heavy atom. The summed E-state index contributed by atoms with van der Waals surface area (Å²) in [5, 5.41) is 4.06. The quantitative estimate of drug-likeness (QED) is 0.870. The van der Waals surface area contributed by atoms with Crippen LogP contribution in [0.15, 0.2) is 18.2 Å². The number of hydrogen-bond acceptors (Lipinski definition) is 2. The second-order valence-corrected chi connectivity index (χ2v) is 5.18. The molecule has 1 atom stereocenters. The number of ether oxygens (including phenoxy) is 1. The van der Waals surface area contributed by atoms with Gasteiger partial charge in [-0.15, -0.1) is 0 Å². The van der Waals surface area contributed by atoms with Gasteiger partial charge in [-0.25, -0.2) is 0 Å². The molecule has 2 rings (SSSR count). The van der Waals surface area contributed by atoms with Crippen molar-refractivity contribution in [2.45, 2.75) is 25.8 Å². The molecule has 0 bridgehead atoms. The van der Waals surface area contributed by atoms with E-state index in [2.05, 4.69) is 18.3 Å². The maximum absolute atomic E-state index is 6.03. The lowest BCUT2D eigenvalue weighted by Crippen LogP contribution is -2.24. The van der Waals surface area contributed by atoms with Gasteiger partial charge in [-0.2, -0.15) is 0 Å². The number of benzene rings is 1. The van der Waals surface area contributed by atoms with Crippen LogP contribution in [0.5, 0.6) is 5.75 Å². The summed E-state index contributed by atoms with van der Waals surface area (Å²) < 4.78 is 5.25. The summed E-state index contributed by atoms with van der Waals surface area (Å²) in [5.74, 6) is 0.753. The average molecular weight is 240 g/mol. The minimum absolute atomic E-state index is 0.388. The van der Waals surface area contributed by atoms with Crippen LogP contribution >= 0.6 is 11.6 Å². The van der Waals surface area contributed by atoms with Crippen LogP contribution in [-0.2, 0) is 0 Å². The third-order valence-electron chi connectivity index (χ3n) is 3.53. The van der Waals surface area contributed by atoms with Crippen LogP contribution in [0.4, 0.5) is 0 Å². The zero-order valence-corrected chi connectivity index (χ0v) is 10.8. The van der Waals surface area contributed by atoms with E-state index in [1.54, 1.807) is 7.11 Å². The van der Waals surface area contributed by atoms with Crippen LogP contribution in [-0.4, -0.2) is 14.2 Å². The molecule has 3 heteroatoms. The van der Waals surface area contributed by atoms with E-state index in [4.69, 9.17) is 16.3 Å². The van der Waals surface area contributed by atoms with Gasteiger partial charge < -0.3 is 10.1 Å². The van der Waals surface area contributed by atoms with Gasteiger partial charge in [-0.1, -0.05) is 24.6 Å². The third-order valence-corrected chi connectivity index (χ3v) is 3.85. The zero-order chi connectivity index (χ0) is 11.8. The SMILES string of the molecule is CNC(c1ccc(Cl)c(OC)c1)C1(C)CC1. The molecule has 1 aromatic carbocycles. The van der Waals surface area contributed by atoms with Crippen LogP contribution in [0.25, 0.3) is 0 Å². The fourth-order valence-electron chi connectivity index (χ4n) is 2.26. The molecule has 0 aromatic heterocycles. The predicted octanol–water partition coefficient (Wildman–Crippen LogP) is 3.41. The van der Waals surface area contributed by atoms with Crippen LogP contribution in [0.1, 0.15) is 31.4 Å². The van der Waals surface area contributed by atoms with Crippen molar-refractivity contribution in [1.29, 1.82) is 0 Å². The lowest BCUT2D eigenvalue weighted by Gasteiger charge is -2.24. The van der Waals surface area contributed by atoms with Crippen molar-refractivity contribution in [1.82, 2.24) is 5.32 Å². The van der Waals surface area contributed by atoms with Gasteiger partial charge in [0.1, 0.15) is 5.75 Å². The van der Waals surface area contributed by atoms with Gasteiger partial charge in [-0.05, 0) is 43.0 Å². The molecule has 2 nitrogen and oxygen atoms in total. The van der Waals surface area contributed by atoms with Gasteiger partial charge in [0.15, 0.2) is 0 Å². The highest BCUT2D eigenvalue weighted by Gasteiger charge is 2.44. The first-order valence-electron chi connectivity index (χ1n) is 5.61. The van der Waals surface area contributed by atoms with Gasteiger partial charge in [0.2, 0.25) is 0 Å². The molecule has 0 saturated heterocycles. The van der Waals surface area contributed by atoms with Gasteiger partial charge in [-0.3, -0.25) is 0 Å².